The smallest absolute Gasteiger partial charge is 0.306 e. The molecule has 0 saturated heterocycles. The molecule has 0 radical (unpaired) electrons. The van der Waals surface area contributed by atoms with Gasteiger partial charge in [0, 0.05) is 46.6 Å². The van der Waals surface area contributed by atoms with Crippen LogP contribution in [-0.2, 0) is 24.1 Å². The Bertz CT molecular complexity index is 3370. The quantitative estimate of drug-likeness (QED) is 0.137. The van der Waals surface area contributed by atoms with E-state index in [9.17, 15) is 20.1 Å². The van der Waals surface area contributed by atoms with Crippen molar-refractivity contribution in [3.05, 3.63) is 171 Å². The summed E-state index contributed by atoms with van der Waals surface area (Å²) in [5, 5.41) is 48.3. The average molecular weight is 1140 g/mol. The summed E-state index contributed by atoms with van der Waals surface area (Å²) in [4.78, 5) is 14.4. The molecule has 6 heteroatoms. The summed E-state index contributed by atoms with van der Waals surface area (Å²) in [5.41, 5.74) is 12.7. The van der Waals surface area contributed by atoms with E-state index in [1.807, 2.05) is 0 Å². The van der Waals surface area contributed by atoms with Crippen molar-refractivity contribution in [2.24, 2.45) is 74.4 Å². The van der Waals surface area contributed by atoms with Gasteiger partial charge in [-0.25, -0.2) is 0 Å². The number of carboxylic acid groups (broad SMARTS) is 1. The van der Waals surface area contributed by atoms with Gasteiger partial charge in [-0.15, -0.1) is 0 Å². The standard InChI is InChI=1S/C79H100N2O4/c1-51(29-32-53-18-8-5-9-19-53)30-33-56-23-15-27-61-63(56)46-67-65-47-77-40-17-39-75(3)70(83)38-42-78(67,74(75)77)66-37-41-76(4)72(69(82)49-79(76,68(66)48-77)59-25-12-7-13-26-59)62(73(84)85)35-31-52(2)60(55-21-10-6-11-22-55)28-16-43-80-71-36-34-58(50-81-71)57-24-14-20-54(44-57)45-64(61)65/h5,8-9,14-15,17-20,23-24,27,34,36,40,44,46-47,51,55,59-60,62,67,69-70,72,74,80-83H,2,6-7,10-13,16,21-22,25-26,28-33,35,37-39,41-43,45,48-50H2,1,3-4H3,(H,84,85)/t51-,60+,62+,67+,69+,70-,72-,74+,75+,76+,77+,78+,79+/m0/s1. The van der Waals surface area contributed by atoms with E-state index in [0.717, 1.165) is 109 Å². The molecule has 3 aromatic rings. The third-order valence-corrected chi connectivity index (χ3v) is 26.2. The van der Waals surface area contributed by atoms with Crippen molar-refractivity contribution in [3.63, 3.8) is 0 Å². The van der Waals surface area contributed by atoms with Crippen LogP contribution >= 0.6 is 0 Å². The van der Waals surface area contributed by atoms with E-state index in [-0.39, 0.29) is 39.4 Å². The van der Waals surface area contributed by atoms with Crippen molar-refractivity contribution in [2.75, 3.05) is 13.1 Å². The van der Waals surface area contributed by atoms with Crippen LogP contribution in [0.2, 0.25) is 0 Å². The molecule has 6 heterocycles. The van der Waals surface area contributed by atoms with Gasteiger partial charge in [0.05, 0.1) is 23.9 Å². The number of aliphatic carboxylic acids is 1. The maximum Gasteiger partial charge on any atom is 0.306 e. The molecule has 5 N–H and O–H groups in total. The van der Waals surface area contributed by atoms with Crippen molar-refractivity contribution in [2.45, 2.75) is 200 Å². The Morgan fingerprint density at radius 2 is 1.59 bits per heavy atom. The van der Waals surface area contributed by atoms with Gasteiger partial charge in [-0.05, 0) is 219 Å². The Hall–Kier alpha value is -5.17. The highest BCUT2D eigenvalue weighted by Gasteiger charge is 2.76. The number of hydrogen-bond acceptors (Lipinski definition) is 5. The van der Waals surface area contributed by atoms with Crippen LogP contribution in [0, 0.1) is 74.4 Å². The van der Waals surface area contributed by atoms with Crippen LogP contribution in [0.4, 0.5) is 0 Å². The van der Waals surface area contributed by atoms with Gasteiger partial charge < -0.3 is 26.0 Å². The summed E-state index contributed by atoms with van der Waals surface area (Å²) in [6.07, 6.45) is 41.1. The zero-order valence-corrected chi connectivity index (χ0v) is 51.9. The van der Waals surface area contributed by atoms with Gasteiger partial charge in [0.15, 0.2) is 0 Å². The lowest BCUT2D eigenvalue weighted by Crippen LogP contribution is -2.68. The molecular formula is C79H100N2O4. The van der Waals surface area contributed by atoms with E-state index < -0.39 is 29.5 Å². The first kappa shape index (κ1) is 57.6. The monoisotopic (exact) mass is 1140 g/mol. The number of rotatable bonds is 9. The van der Waals surface area contributed by atoms with Crippen LogP contribution in [0.1, 0.15) is 191 Å². The Kier molecular flexibility index (Phi) is 15.4. The molecule has 18 rings (SSSR count). The SMILES string of the molecule is C=C1CC[C@@H](C(=O)O)[C@H]2[C@H](O)C[C@@]3(C4CCCCC4)C4=C(CC[C@]23C)[C@]23CC[C@H](O)[C@@]5(C)CC=C[C@@](C=C6C(=c7cccc(CC[C@@H](C)CCc8ccccc8)c7=C[C@H]62)Cc2cccc(c2)C2=CC=C(NCCC[C@H]1C1CCCCC1)NC2)(C4)[C@@H]53. The summed E-state index contributed by atoms with van der Waals surface area (Å²) in [5.74, 6) is 1.59. The number of nitrogens with one attached hydrogen (secondary N) is 2. The normalized spacial score (nSPS) is 36.8. The molecule has 85 heavy (non-hydrogen) atoms. The molecule has 15 aliphatic rings. The maximum absolute atomic E-state index is 14.4. The van der Waals surface area contributed by atoms with Crippen LogP contribution in [0.3, 0.4) is 0 Å². The fourth-order valence-corrected chi connectivity index (χ4v) is 22.5. The van der Waals surface area contributed by atoms with Crippen molar-refractivity contribution in [1.29, 1.82) is 0 Å². The second kappa shape index (κ2) is 22.8. The molecule has 4 saturated carbocycles. The highest BCUT2D eigenvalue weighted by Crippen LogP contribution is 2.82. The third-order valence-electron chi connectivity index (χ3n) is 26.2. The van der Waals surface area contributed by atoms with E-state index in [2.05, 4.69) is 141 Å². The minimum Gasteiger partial charge on any atom is -0.481 e. The summed E-state index contributed by atoms with van der Waals surface area (Å²) >= 11 is 0. The van der Waals surface area contributed by atoms with Crippen LogP contribution in [0.25, 0.3) is 17.2 Å². The first-order chi connectivity index (χ1) is 41.3. The number of benzene rings is 3. The zero-order valence-electron chi connectivity index (χ0n) is 51.9. The van der Waals surface area contributed by atoms with Crippen LogP contribution in [-0.4, -0.2) is 46.6 Å². The first-order valence-electron chi connectivity index (χ1n) is 34.5. The molecule has 2 spiro atoms. The van der Waals surface area contributed by atoms with Gasteiger partial charge >= 0.3 is 5.97 Å². The van der Waals surface area contributed by atoms with Crippen molar-refractivity contribution in [1.82, 2.24) is 10.6 Å². The molecule has 13 atom stereocenters. The van der Waals surface area contributed by atoms with Crippen molar-refractivity contribution >= 4 is 23.2 Å². The van der Waals surface area contributed by atoms with E-state index in [1.54, 1.807) is 11.1 Å². The fraction of sp³-hybridized carbons (Fsp3) is 0.582. The summed E-state index contributed by atoms with van der Waals surface area (Å²) in [6.45, 7) is 14.0. The van der Waals surface area contributed by atoms with Crippen molar-refractivity contribution < 1.29 is 20.1 Å². The summed E-state index contributed by atoms with van der Waals surface area (Å²) in [7, 11) is 0. The molecule has 0 aromatic heterocycles. The highest BCUT2D eigenvalue weighted by molar-refractivity contribution is 5.78. The molecule has 6 nitrogen and oxygen atoms in total. The second-order valence-corrected chi connectivity index (χ2v) is 30.4. The minimum absolute atomic E-state index is 0.112. The molecular weight excluding hydrogens is 1040 g/mol. The van der Waals surface area contributed by atoms with Crippen LogP contribution < -0.4 is 21.1 Å². The number of aliphatic hydroxyl groups excluding tert-OH is 2. The first-order valence-corrected chi connectivity index (χ1v) is 34.5. The molecule has 0 amide bonds. The number of fused-ring (bicyclic) bond motifs is 1. The van der Waals surface area contributed by atoms with Crippen LogP contribution in [0.5, 0.6) is 0 Å². The minimum atomic E-state index is -0.725. The van der Waals surface area contributed by atoms with Gasteiger partial charge in [-0.3, -0.25) is 4.79 Å². The maximum atomic E-state index is 14.4. The number of dihydropyridines is 1. The van der Waals surface area contributed by atoms with E-state index in [1.165, 1.54) is 113 Å². The highest BCUT2D eigenvalue weighted by atomic mass is 16.4. The Morgan fingerprint density at radius 1 is 0.800 bits per heavy atom. The van der Waals surface area contributed by atoms with Gasteiger partial charge in [0.2, 0.25) is 0 Å². The lowest BCUT2D eigenvalue weighted by atomic mass is 9.30. The molecule has 14 bridgehead atoms. The fourth-order valence-electron chi connectivity index (χ4n) is 22.5. The number of hydrogen-bond donors (Lipinski definition) is 5. The largest absolute Gasteiger partial charge is 0.481 e. The van der Waals surface area contributed by atoms with Crippen LogP contribution in [0.15, 0.2) is 138 Å². The predicted molar refractivity (Wildman–Crippen MR) is 346 cm³/mol. The number of aliphatic hydroxyl groups is 2. The van der Waals surface area contributed by atoms with Crippen molar-refractivity contribution in [3.8, 4) is 0 Å². The zero-order chi connectivity index (χ0) is 58.3. The molecule has 3 aromatic carbocycles. The van der Waals surface area contributed by atoms with Gasteiger partial charge in [0.25, 0.3) is 0 Å². The number of aryl methyl sites for hydroxylation is 2. The Labute approximate surface area is 509 Å². The lowest BCUT2D eigenvalue weighted by Gasteiger charge is -2.73. The number of carboxylic acids is 1. The van der Waals surface area contributed by atoms with E-state index >= 15 is 0 Å². The van der Waals surface area contributed by atoms with Gasteiger partial charge in [0.1, 0.15) is 0 Å². The molecule has 0 unspecified atom stereocenters. The van der Waals surface area contributed by atoms with E-state index in [4.69, 9.17) is 6.58 Å². The number of carbonyl (C=O) groups is 1. The Morgan fingerprint density at radius 3 is 2.38 bits per heavy atom. The third kappa shape index (κ3) is 9.54. The molecule has 450 valence electrons. The average Bonchev–Trinajstić information content (AvgIpc) is 1.57. The summed E-state index contributed by atoms with van der Waals surface area (Å²) < 4.78 is 0. The number of allylic oxidation sites excluding steroid dienone is 9. The van der Waals surface area contributed by atoms with Gasteiger partial charge in [-0.1, -0.05) is 186 Å². The predicted octanol–water partition coefficient (Wildman–Crippen LogP) is 15.2. The lowest BCUT2D eigenvalue weighted by molar-refractivity contribution is -0.164. The topological polar surface area (TPSA) is 102 Å². The summed E-state index contributed by atoms with van der Waals surface area (Å²) in [6, 6.07) is 27.8. The Balaban J connectivity index is 0.961. The molecule has 6 aliphatic heterocycles. The second-order valence-electron chi connectivity index (χ2n) is 30.4. The van der Waals surface area contributed by atoms with E-state index in [0.29, 0.717) is 42.9 Å². The molecule has 4 fully saturated rings. The van der Waals surface area contributed by atoms with Gasteiger partial charge in [-0.2, -0.15) is 0 Å². The molecule has 9 aliphatic carbocycles.